The molecule has 0 aromatic carbocycles. The molecule has 6 nitrogen and oxygen atoms in total. The highest BCUT2D eigenvalue weighted by Gasteiger charge is 2.46. The topological polar surface area (TPSA) is 54.6 Å². The minimum Gasteiger partial charge on any atom is -0.372 e. The SMILES string of the molecule is Cc1cc(CN2CC3(CCC(CN(C)Cc4cccnc4)CO3)C2)no1. The predicted molar refractivity (Wildman–Crippen MR) is 98.5 cm³/mol. The number of nitrogens with zero attached hydrogens (tertiary/aromatic N) is 4. The van der Waals surface area contributed by atoms with Gasteiger partial charge in [0.1, 0.15) is 5.76 Å². The fraction of sp³-hybridized carbons (Fsp3) is 0.600. The molecule has 1 atom stereocenters. The van der Waals surface area contributed by atoms with Crippen LogP contribution in [-0.2, 0) is 17.8 Å². The zero-order valence-corrected chi connectivity index (χ0v) is 15.7. The first-order valence-corrected chi connectivity index (χ1v) is 9.46. The molecular formula is C20H28N4O2. The number of pyridine rings is 1. The highest BCUT2D eigenvalue weighted by Crippen LogP contribution is 2.36. The maximum atomic E-state index is 6.31. The zero-order valence-electron chi connectivity index (χ0n) is 15.7. The van der Waals surface area contributed by atoms with Crippen LogP contribution in [0.2, 0.25) is 0 Å². The van der Waals surface area contributed by atoms with Gasteiger partial charge in [-0.25, -0.2) is 0 Å². The van der Waals surface area contributed by atoms with Crippen LogP contribution in [0.25, 0.3) is 0 Å². The number of aryl methyl sites for hydroxylation is 1. The molecule has 0 amide bonds. The average Bonchev–Trinajstić information content (AvgIpc) is 3.01. The normalized spacial score (nSPS) is 22.7. The molecule has 4 rings (SSSR count). The molecular weight excluding hydrogens is 328 g/mol. The van der Waals surface area contributed by atoms with Crippen LogP contribution >= 0.6 is 0 Å². The van der Waals surface area contributed by atoms with E-state index in [0.717, 1.165) is 57.2 Å². The average molecular weight is 356 g/mol. The van der Waals surface area contributed by atoms with Crippen molar-refractivity contribution >= 4 is 0 Å². The molecule has 1 spiro atoms. The van der Waals surface area contributed by atoms with Crippen molar-refractivity contribution in [1.82, 2.24) is 19.9 Å². The lowest BCUT2D eigenvalue weighted by Crippen LogP contribution is -2.64. The minimum absolute atomic E-state index is 0.0806. The summed E-state index contributed by atoms with van der Waals surface area (Å²) in [6, 6.07) is 6.15. The van der Waals surface area contributed by atoms with Crippen LogP contribution in [0, 0.1) is 12.8 Å². The third kappa shape index (κ3) is 4.14. The fourth-order valence-electron chi connectivity index (χ4n) is 4.22. The predicted octanol–water partition coefficient (Wildman–Crippen LogP) is 2.49. The largest absolute Gasteiger partial charge is 0.372 e. The molecule has 6 heteroatoms. The van der Waals surface area contributed by atoms with E-state index in [1.54, 1.807) is 0 Å². The van der Waals surface area contributed by atoms with Crippen LogP contribution in [0.1, 0.15) is 29.9 Å². The lowest BCUT2D eigenvalue weighted by atomic mass is 9.82. The van der Waals surface area contributed by atoms with Gasteiger partial charge in [-0.15, -0.1) is 0 Å². The molecule has 0 bridgehead atoms. The number of hydrogen-bond acceptors (Lipinski definition) is 6. The molecule has 0 radical (unpaired) electrons. The van der Waals surface area contributed by atoms with Gasteiger partial charge in [0.25, 0.3) is 0 Å². The Morgan fingerprint density at radius 3 is 2.92 bits per heavy atom. The number of aromatic nitrogens is 2. The second-order valence-electron chi connectivity index (χ2n) is 8.03. The first-order valence-electron chi connectivity index (χ1n) is 9.46. The third-order valence-corrected chi connectivity index (χ3v) is 5.46. The van der Waals surface area contributed by atoms with Gasteiger partial charge < -0.3 is 14.2 Å². The summed E-state index contributed by atoms with van der Waals surface area (Å²) >= 11 is 0. The fourth-order valence-corrected chi connectivity index (χ4v) is 4.22. The van der Waals surface area contributed by atoms with Gasteiger partial charge in [0.15, 0.2) is 0 Å². The van der Waals surface area contributed by atoms with Crippen molar-refractivity contribution in [1.29, 1.82) is 0 Å². The van der Waals surface area contributed by atoms with Crippen LogP contribution < -0.4 is 0 Å². The summed E-state index contributed by atoms with van der Waals surface area (Å²) in [6.07, 6.45) is 6.17. The van der Waals surface area contributed by atoms with Crippen molar-refractivity contribution in [2.75, 3.05) is 33.3 Å². The molecule has 0 saturated carbocycles. The summed E-state index contributed by atoms with van der Waals surface area (Å²) in [6.45, 7) is 7.71. The lowest BCUT2D eigenvalue weighted by molar-refractivity contribution is -0.183. The first kappa shape index (κ1) is 17.6. The van der Waals surface area contributed by atoms with Gasteiger partial charge in [-0.05, 0) is 44.4 Å². The van der Waals surface area contributed by atoms with Crippen molar-refractivity contribution in [2.24, 2.45) is 5.92 Å². The Labute approximate surface area is 155 Å². The van der Waals surface area contributed by atoms with Crippen LogP contribution in [0.5, 0.6) is 0 Å². The summed E-state index contributed by atoms with van der Waals surface area (Å²) in [4.78, 5) is 8.97. The molecule has 0 aliphatic carbocycles. The smallest absolute Gasteiger partial charge is 0.133 e. The molecule has 26 heavy (non-hydrogen) atoms. The van der Waals surface area contributed by atoms with Crippen LogP contribution in [0.15, 0.2) is 35.1 Å². The molecule has 2 aliphatic rings. The van der Waals surface area contributed by atoms with E-state index >= 15 is 0 Å². The molecule has 140 valence electrons. The minimum atomic E-state index is 0.0806. The summed E-state index contributed by atoms with van der Waals surface area (Å²) < 4.78 is 11.5. The van der Waals surface area contributed by atoms with Crippen LogP contribution in [0.4, 0.5) is 0 Å². The van der Waals surface area contributed by atoms with Gasteiger partial charge in [0.05, 0.1) is 17.9 Å². The molecule has 2 aromatic heterocycles. The van der Waals surface area contributed by atoms with Gasteiger partial charge >= 0.3 is 0 Å². The van der Waals surface area contributed by atoms with Crippen molar-refractivity contribution in [3.63, 3.8) is 0 Å². The highest BCUT2D eigenvalue weighted by atomic mass is 16.5. The monoisotopic (exact) mass is 356 g/mol. The Morgan fingerprint density at radius 2 is 2.27 bits per heavy atom. The van der Waals surface area contributed by atoms with Crippen molar-refractivity contribution < 1.29 is 9.26 Å². The molecule has 2 aliphatic heterocycles. The molecule has 4 heterocycles. The molecule has 1 unspecified atom stereocenters. The molecule has 2 saturated heterocycles. The number of likely N-dealkylation sites (tertiary alicyclic amines) is 1. The van der Waals surface area contributed by atoms with E-state index in [1.165, 1.54) is 12.0 Å². The Balaban J connectivity index is 1.19. The van der Waals surface area contributed by atoms with Crippen LogP contribution in [0.3, 0.4) is 0 Å². The highest BCUT2D eigenvalue weighted by molar-refractivity contribution is 5.09. The quantitative estimate of drug-likeness (QED) is 0.793. The summed E-state index contributed by atoms with van der Waals surface area (Å²) in [7, 11) is 2.18. The van der Waals surface area contributed by atoms with Crippen LogP contribution in [-0.4, -0.2) is 58.8 Å². The lowest BCUT2D eigenvalue weighted by Gasteiger charge is -2.53. The number of ether oxygens (including phenoxy) is 1. The van der Waals surface area contributed by atoms with Gasteiger partial charge in [-0.2, -0.15) is 0 Å². The van der Waals surface area contributed by atoms with Gasteiger partial charge in [-0.3, -0.25) is 9.88 Å². The van der Waals surface area contributed by atoms with E-state index in [0.29, 0.717) is 5.92 Å². The van der Waals surface area contributed by atoms with Crippen molar-refractivity contribution in [3.05, 3.63) is 47.6 Å². The van der Waals surface area contributed by atoms with E-state index in [-0.39, 0.29) is 5.60 Å². The maximum absolute atomic E-state index is 6.31. The Kier molecular flexibility index (Phi) is 5.07. The summed E-state index contributed by atoms with van der Waals surface area (Å²) in [5.41, 5.74) is 2.36. The van der Waals surface area contributed by atoms with Crippen molar-refractivity contribution in [3.8, 4) is 0 Å². The first-order chi connectivity index (χ1) is 12.6. The van der Waals surface area contributed by atoms with E-state index in [9.17, 15) is 0 Å². The number of rotatable bonds is 6. The third-order valence-electron chi connectivity index (χ3n) is 5.46. The Bertz CT molecular complexity index is 702. The molecule has 2 fully saturated rings. The zero-order chi connectivity index (χ0) is 18.0. The van der Waals surface area contributed by atoms with Crippen molar-refractivity contribution in [2.45, 2.75) is 38.5 Å². The van der Waals surface area contributed by atoms with Gasteiger partial charge in [0, 0.05) is 51.2 Å². The van der Waals surface area contributed by atoms with E-state index in [4.69, 9.17) is 9.26 Å². The number of hydrogen-bond donors (Lipinski definition) is 0. The van der Waals surface area contributed by atoms with E-state index in [1.807, 2.05) is 31.5 Å². The standard InChI is InChI=1S/C20H28N4O2/c1-16-8-19(22-26-16)12-24-14-20(15-24)6-5-18(13-25-20)11-23(2)10-17-4-3-7-21-9-17/h3-4,7-9,18H,5-6,10-15H2,1-2H3. The van der Waals surface area contributed by atoms with Gasteiger partial charge in [-0.1, -0.05) is 11.2 Å². The van der Waals surface area contributed by atoms with Gasteiger partial charge in [0.2, 0.25) is 0 Å². The van der Waals surface area contributed by atoms with E-state index in [2.05, 4.69) is 33.1 Å². The summed E-state index contributed by atoms with van der Waals surface area (Å²) in [5.74, 6) is 1.50. The Hall–Kier alpha value is -1.76. The van der Waals surface area contributed by atoms with E-state index < -0.39 is 0 Å². The second kappa shape index (κ2) is 7.47. The summed E-state index contributed by atoms with van der Waals surface area (Å²) in [5, 5.41) is 4.08. The molecule has 0 N–H and O–H groups in total. The second-order valence-corrected chi connectivity index (χ2v) is 8.03. The maximum Gasteiger partial charge on any atom is 0.133 e. The Morgan fingerprint density at radius 1 is 1.38 bits per heavy atom. The molecule has 2 aromatic rings.